The summed E-state index contributed by atoms with van der Waals surface area (Å²) in [5.41, 5.74) is 1.75. The number of hydrogen-bond donors (Lipinski definition) is 1. The van der Waals surface area contributed by atoms with Crippen molar-refractivity contribution < 1.29 is 5.11 Å². The van der Waals surface area contributed by atoms with Gasteiger partial charge in [-0.05, 0) is 91.6 Å². The first-order valence-electron chi connectivity index (χ1n) is 12.1. The highest BCUT2D eigenvalue weighted by Gasteiger charge is 2.59. The van der Waals surface area contributed by atoms with E-state index in [-0.39, 0.29) is 5.41 Å². The average molecular weight is 383 g/mol. The maximum absolute atomic E-state index is 10.9. The highest BCUT2D eigenvalue weighted by Crippen LogP contribution is 2.67. The van der Waals surface area contributed by atoms with Crippen LogP contribution in [0.15, 0.2) is 35.6 Å². The number of hydrogen-bond acceptors (Lipinski definition) is 1. The Morgan fingerprint density at radius 1 is 1.07 bits per heavy atom. The van der Waals surface area contributed by atoms with Gasteiger partial charge in [-0.25, -0.2) is 0 Å². The monoisotopic (exact) mass is 382 g/mol. The van der Waals surface area contributed by atoms with Crippen molar-refractivity contribution in [1.29, 1.82) is 0 Å². The van der Waals surface area contributed by atoms with Gasteiger partial charge in [0.2, 0.25) is 0 Å². The van der Waals surface area contributed by atoms with Crippen molar-refractivity contribution in [3.8, 4) is 0 Å². The van der Waals surface area contributed by atoms with E-state index in [1.807, 2.05) is 12.2 Å². The molecule has 0 radical (unpaired) electrons. The minimum atomic E-state index is -0.139. The van der Waals surface area contributed by atoms with Gasteiger partial charge >= 0.3 is 0 Å². The smallest absolute Gasteiger partial charge is 0.103 e. The molecule has 4 aliphatic rings. The Labute approximate surface area is 173 Å². The Balaban J connectivity index is 1.53. The summed E-state index contributed by atoms with van der Waals surface area (Å²) in [5.74, 6) is 5.42. The minimum absolute atomic E-state index is 0.139. The summed E-state index contributed by atoms with van der Waals surface area (Å²) in [4.78, 5) is 0. The first-order valence-corrected chi connectivity index (χ1v) is 12.1. The van der Waals surface area contributed by atoms with Crippen LogP contribution in [0.2, 0.25) is 0 Å². The van der Waals surface area contributed by atoms with Crippen molar-refractivity contribution in [1.82, 2.24) is 0 Å². The van der Waals surface area contributed by atoms with Crippen molar-refractivity contribution in [3.05, 3.63) is 35.6 Å². The summed E-state index contributed by atoms with van der Waals surface area (Å²) >= 11 is 0. The van der Waals surface area contributed by atoms with E-state index in [9.17, 15) is 5.11 Å². The molecule has 0 saturated heterocycles. The van der Waals surface area contributed by atoms with Crippen molar-refractivity contribution in [2.24, 2.45) is 46.3 Å². The third-order valence-electron chi connectivity index (χ3n) is 9.65. The fraction of sp³-hybridized carbons (Fsp3) is 0.778. The molecular weight excluding hydrogens is 340 g/mol. The highest BCUT2D eigenvalue weighted by molar-refractivity contribution is 5.43. The molecule has 2 fully saturated rings. The first kappa shape index (κ1) is 20.3. The lowest BCUT2D eigenvalue weighted by molar-refractivity contribution is -0.0423. The molecule has 0 aromatic rings. The number of fused-ring (bicyclic) bond motifs is 5. The van der Waals surface area contributed by atoms with Crippen LogP contribution in [-0.2, 0) is 0 Å². The molecule has 0 aromatic carbocycles. The predicted molar refractivity (Wildman–Crippen MR) is 119 cm³/mol. The maximum atomic E-state index is 10.9. The molecule has 4 aliphatic carbocycles. The predicted octanol–water partition coefficient (Wildman–Crippen LogP) is 7.86. The molecule has 0 aromatic heterocycles. The van der Waals surface area contributed by atoms with Gasteiger partial charge in [-0.3, -0.25) is 0 Å². The molecule has 4 rings (SSSR count). The third kappa shape index (κ3) is 3.03. The van der Waals surface area contributed by atoms with Crippen LogP contribution < -0.4 is 0 Å². The van der Waals surface area contributed by atoms with Gasteiger partial charge in [0.15, 0.2) is 0 Å². The van der Waals surface area contributed by atoms with E-state index in [0.29, 0.717) is 17.1 Å². The van der Waals surface area contributed by atoms with Crippen LogP contribution in [0.3, 0.4) is 0 Å². The summed E-state index contributed by atoms with van der Waals surface area (Å²) < 4.78 is 0. The summed E-state index contributed by atoms with van der Waals surface area (Å²) in [6.45, 7) is 12.2. The quantitative estimate of drug-likeness (QED) is 0.513. The second kappa shape index (κ2) is 7.37. The number of aliphatic hydroxyl groups is 1. The molecule has 1 heteroatoms. The van der Waals surface area contributed by atoms with Crippen molar-refractivity contribution >= 4 is 0 Å². The molecule has 0 bridgehead atoms. The van der Waals surface area contributed by atoms with Gasteiger partial charge in [0.1, 0.15) is 5.76 Å². The summed E-state index contributed by atoms with van der Waals surface area (Å²) in [5, 5.41) is 10.9. The Morgan fingerprint density at radius 3 is 2.61 bits per heavy atom. The van der Waals surface area contributed by atoms with Gasteiger partial charge in [-0.1, -0.05) is 65.2 Å². The molecule has 0 spiro atoms. The fourth-order valence-corrected chi connectivity index (χ4v) is 8.04. The van der Waals surface area contributed by atoms with E-state index in [4.69, 9.17) is 0 Å². The molecule has 7 atom stereocenters. The molecular formula is C27H42O. The van der Waals surface area contributed by atoms with Gasteiger partial charge < -0.3 is 5.11 Å². The zero-order valence-corrected chi connectivity index (χ0v) is 18.9. The van der Waals surface area contributed by atoms with Crippen LogP contribution in [0.25, 0.3) is 0 Å². The van der Waals surface area contributed by atoms with Gasteiger partial charge in [0.25, 0.3) is 0 Å². The summed E-state index contributed by atoms with van der Waals surface area (Å²) in [7, 11) is 0. The van der Waals surface area contributed by atoms with Crippen LogP contribution in [-0.4, -0.2) is 5.11 Å². The second-order valence-corrected chi connectivity index (χ2v) is 11.4. The Kier molecular flexibility index (Phi) is 5.34. The molecule has 2 saturated carbocycles. The average Bonchev–Trinajstić information content (AvgIpc) is 3.00. The van der Waals surface area contributed by atoms with E-state index in [1.165, 1.54) is 56.9 Å². The first-order chi connectivity index (χ1) is 13.3. The van der Waals surface area contributed by atoms with E-state index in [0.717, 1.165) is 29.6 Å². The summed E-state index contributed by atoms with van der Waals surface area (Å²) in [6.07, 6.45) is 19.6. The van der Waals surface area contributed by atoms with Crippen molar-refractivity contribution in [2.75, 3.05) is 0 Å². The van der Waals surface area contributed by atoms with E-state index < -0.39 is 0 Å². The minimum Gasteiger partial charge on any atom is -0.511 e. The van der Waals surface area contributed by atoms with E-state index in [1.54, 1.807) is 0 Å². The van der Waals surface area contributed by atoms with Crippen LogP contribution in [0.1, 0.15) is 86.0 Å². The number of aliphatic hydroxyl groups excluding tert-OH is 1. The molecule has 0 amide bonds. The molecule has 0 aliphatic heterocycles. The zero-order chi connectivity index (χ0) is 20.1. The van der Waals surface area contributed by atoms with Gasteiger partial charge in [0.05, 0.1) is 5.41 Å². The SMILES string of the molecule is CC(C)CCC[C@@H](C)[C@H]1CC[C@H]2[C@@H]3CC=C4C=CC=C(O)[C@]4(C)[C@H]3CC[C@]12C. The maximum Gasteiger partial charge on any atom is 0.103 e. The topological polar surface area (TPSA) is 20.2 Å². The van der Waals surface area contributed by atoms with Crippen molar-refractivity contribution in [2.45, 2.75) is 86.0 Å². The number of allylic oxidation sites excluding steroid dienone is 5. The molecule has 0 unspecified atom stereocenters. The lowest BCUT2D eigenvalue weighted by Gasteiger charge is -2.56. The van der Waals surface area contributed by atoms with Crippen molar-refractivity contribution in [3.63, 3.8) is 0 Å². The lowest BCUT2D eigenvalue weighted by Crippen LogP contribution is -2.50. The molecule has 28 heavy (non-hydrogen) atoms. The summed E-state index contributed by atoms with van der Waals surface area (Å²) in [6, 6.07) is 0. The number of rotatable bonds is 5. The Morgan fingerprint density at radius 2 is 1.86 bits per heavy atom. The third-order valence-corrected chi connectivity index (χ3v) is 9.65. The second-order valence-electron chi connectivity index (χ2n) is 11.4. The fourth-order valence-electron chi connectivity index (χ4n) is 8.04. The molecule has 0 heterocycles. The normalized spacial score (nSPS) is 43.1. The van der Waals surface area contributed by atoms with Gasteiger partial charge in [-0.15, -0.1) is 0 Å². The molecule has 1 nitrogen and oxygen atoms in total. The van der Waals surface area contributed by atoms with Crippen LogP contribution in [0.5, 0.6) is 0 Å². The molecule has 1 N–H and O–H groups in total. The van der Waals surface area contributed by atoms with Crippen LogP contribution in [0.4, 0.5) is 0 Å². The standard InChI is InChI=1S/C27H42O/c1-18(2)8-6-9-19(3)22-14-15-23-21-13-12-20-10-7-11-25(28)27(20,5)24(21)16-17-26(22,23)4/h7,10-12,18-19,21-24,28H,6,8-9,13-17H2,1-5H3/t19-,21+,22-,23+,24+,26-,27+/m1/s1. The van der Waals surface area contributed by atoms with Gasteiger partial charge in [-0.2, -0.15) is 0 Å². The van der Waals surface area contributed by atoms with E-state index >= 15 is 0 Å². The van der Waals surface area contributed by atoms with Crippen LogP contribution in [0, 0.1) is 46.3 Å². The van der Waals surface area contributed by atoms with Crippen LogP contribution >= 0.6 is 0 Å². The lowest BCUT2D eigenvalue weighted by atomic mass is 9.48. The largest absolute Gasteiger partial charge is 0.511 e. The Bertz CT molecular complexity index is 682. The zero-order valence-electron chi connectivity index (χ0n) is 18.9. The Hall–Kier alpha value is -0.980. The molecule has 156 valence electrons. The highest BCUT2D eigenvalue weighted by atomic mass is 16.3. The van der Waals surface area contributed by atoms with E-state index in [2.05, 4.69) is 46.8 Å². The van der Waals surface area contributed by atoms with Gasteiger partial charge in [0, 0.05) is 0 Å².